The number of ether oxygens (including phenoxy) is 1. The van der Waals surface area contributed by atoms with Gasteiger partial charge in [-0.2, -0.15) is 0 Å². The van der Waals surface area contributed by atoms with E-state index in [1.807, 2.05) is 6.07 Å². The van der Waals surface area contributed by atoms with Crippen molar-refractivity contribution in [1.82, 2.24) is 0 Å². The third-order valence-corrected chi connectivity index (χ3v) is 4.93. The molecule has 2 N–H and O–H groups in total. The first-order valence-electron chi connectivity index (χ1n) is 9.13. The first kappa shape index (κ1) is 16.5. The standard InChI is InChI=1S/C24H23NO/c1-3-14-26-22-15-18-9-5-7-11-20(18)23(16(22)2)24-19-10-6-4-8-17(19)12-13-21(24)25/h4-13,15H,3,14,25H2,1-2H3. The van der Waals surface area contributed by atoms with Gasteiger partial charge in [0.1, 0.15) is 5.75 Å². The zero-order valence-corrected chi connectivity index (χ0v) is 15.3. The molecule has 0 aliphatic carbocycles. The monoisotopic (exact) mass is 341 g/mol. The minimum Gasteiger partial charge on any atom is -0.493 e. The quantitative estimate of drug-likeness (QED) is 0.440. The molecule has 0 saturated heterocycles. The van der Waals surface area contributed by atoms with Gasteiger partial charge in [0, 0.05) is 11.3 Å². The highest BCUT2D eigenvalue weighted by Crippen LogP contribution is 2.43. The number of hydrogen-bond donors (Lipinski definition) is 1. The summed E-state index contributed by atoms with van der Waals surface area (Å²) >= 11 is 0. The minimum absolute atomic E-state index is 0.712. The lowest BCUT2D eigenvalue weighted by Crippen LogP contribution is -2.00. The molecule has 0 unspecified atom stereocenters. The Balaban J connectivity index is 2.11. The summed E-state index contributed by atoms with van der Waals surface area (Å²) in [5, 5.41) is 4.75. The second-order valence-corrected chi connectivity index (χ2v) is 6.70. The van der Waals surface area contributed by atoms with Gasteiger partial charge < -0.3 is 10.5 Å². The molecule has 0 atom stereocenters. The molecule has 0 amide bonds. The second-order valence-electron chi connectivity index (χ2n) is 6.70. The molecule has 0 fully saturated rings. The molecule has 2 nitrogen and oxygen atoms in total. The van der Waals surface area contributed by atoms with Crippen LogP contribution in [0.15, 0.2) is 66.7 Å². The maximum atomic E-state index is 6.49. The van der Waals surface area contributed by atoms with E-state index in [1.165, 1.54) is 27.1 Å². The Morgan fingerprint density at radius 3 is 2.19 bits per heavy atom. The summed E-state index contributed by atoms with van der Waals surface area (Å²) in [5.74, 6) is 0.938. The zero-order chi connectivity index (χ0) is 18.1. The van der Waals surface area contributed by atoms with Crippen molar-refractivity contribution >= 4 is 27.2 Å². The summed E-state index contributed by atoms with van der Waals surface area (Å²) in [7, 11) is 0. The lowest BCUT2D eigenvalue weighted by Gasteiger charge is -2.19. The Hall–Kier alpha value is -3.00. The number of anilines is 1. The highest BCUT2D eigenvalue weighted by Gasteiger charge is 2.17. The first-order chi connectivity index (χ1) is 12.7. The molecule has 0 spiro atoms. The molecule has 2 heteroatoms. The topological polar surface area (TPSA) is 35.2 Å². The largest absolute Gasteiger partial charge is 0.493 e. The normalized spacial score (nSPS) is 11.2. The van der Waals surface area contributed by atoms with Gasteiger partial charge in [0.25, 0.3) is 0 Å². The maximum Gasteiger partial charge on any atom is 0.123 e. The molecule has 0 aromatic heterocycles. The number of rotatable bonds is 4. The smallest absolute Gasteiger partial charge is 0.123 e. The van der Waals surface area contributed by atoms with Crippen molar-refractivity contribution < 1.29 is 4.74 Å². The lowest BCUT2D eigenvalue weighted by atomic mass is 9.89. The number of fused-ring (bicyclic) bond motifs is 2. The molecule has 4 rings (SSSR count). The Morgan fingerprint density at radius 1 is 0.808 bits per heavy atom. The van der Waals surface area contributed by atoms with E-state index in [1.54, 1.807) is 0 Å². The zero-order valence-electron chi connectivity index (χ0n) is 15.3. The van der Waals surface area contributed by atoms with Crippen LogP contribution in [-0.2, 0) is 0 Å². The Kier molecular flexibility index (Phi) is 4.26. The maximum absolute atomic E-state index is 6.49. The van der Waals surface area contributed by atoms with Crippen LogP contribution in [-0.4, -0.2) is 6.61 Å². The van der Waals surface area contributed by atoms with E-state index in [2.05, 4.69) is 74.5 Å². The molecule has 0 heterocycles. The second kappa shape index (κ2) is 6.72. The highest BCUT2D eigenvalue weighted by molar-refractivity contribution is 6.11. The van der Waals surface area contributed by atoms with Gasteiger partial charge in [-0.1, -0.05) is 61.5 Å². The van der Waals surface area contributed by atoms with Crippen LogP contribution in [0.2, 0.25) is 0 Å². The Labute approximate surface area is 154 Å². The summed E-state index contributed by atoms with van der Waals surface area (Å²) in [6, 6.07) is 23.1. The van der Waals surface area contributed by atoms with Crippen molar-refractivity contribution in [3.8, 4) is 16.9 Å². The Morgan fingerprint density at radius 2 is 1.46 bits per heavy atom. The van der Waals surface area contributed by atoms with Crippen LogP contribution in [0, 0.1) is 6.92 Å². The van der Waals surface area contributed by atoms with Gasteiger partial charge in [-0.3, -0.25) is 0 Å². The van der Waals surface area contributed by atoms with Gasteiger partial charge >= 0.3 is 0 Å². The average molecular weight is 341 g/mol. The van der Waals surface area contributed by atoms with E-state index in [9.17, 15) is 0 Å². The van der Waals surface area contributed by atoms with Crippen molar-refractivity contribution in [2.75, 3.05) is 12.3 Å². The van der Waals surface area contributed by atoms with Crippen LogP contribution in [0.3, 0.4) is 0 Å². The van der Waals surface area contributed by atoms with Gasteiger partial charge in [0.2, 0.25) is 0 Å². The average Bonchev–Trinajstić information content (AvgIpc) is 2.67. The third kappa shape index (κ3) is 2.68. The molecule has 26 heavy (non-hydrogen) atoms. The highest BCUT2D eigenvalue weighted by atomic mass is 16.5. The molecule has 130 valence electrons. The van der Waals surface area contributed by atoms with Gasteiger partial charge in [0.15, 0.2) is 0 Å². The summed E-state index contributed by atoms with van der Waals surface area (Å²) in [5.41, 5.74) is 10.7. The van der Waals surface area contributed by atoms with E-state index in [-0.39, 0.29) is 0 Å². The van der Waals surface area contributed by atoms with Gasteiger partial charge in [0.05, 0.1) is 6.61 Å². The molecule has 4 aromatic carbocycles. The predicted molar refractivity (Wildman–Crippen MR) is 112 cm³/mol. The number of nitrogens with two attached hydrogens (primary N) is 1. The van der Waals surface area contributed by atoms with E-state index in [0.717, 1.165) is 29.0 Å². The fourth-order valence-corrected chi connectivity index (χ4v) is 3.68. The summed E-state index contributed by atoms with van der Waals surface area (Å²) in [6.07, 6.45) is 0.984. The van der Waals surface area contributed by atoms with E-state index >= 15 is 0 Å². The molecular weight excluding hydrogens is 318 g/mol. The molecule has 0 bridgehead atoms. The van der Waals surface area contributed by atoms with Crippen molar-refractivity contribution in [3.63, 3.8) is 0 Å². The molecule has 0 aliphatic heterocycles. The molecule has 0 aliphatic rings. The van der Waals surface area contributed by atoms with Gasteiger partial charge in [-0.25, -0.2) is 0 Å². The van der Waals surface area contributed by atoms with Crippen LogP contribution < -0.4 is 10.5 Å². The predicted octanol–water partition coefficient (Wildman–Crippen LogP) is 6.34. The first-order valence-corrected chi connectivity index (χ1v) is 9.13. The fraction of sp³-hybridized carbons (Fsp3) is 0.167. The van der Waals surface area contributed by atoms with Crippen LogP contribution in [0.5, 0.6) is 5.75 Å². The third-order valence-electron chi connectivity index (χ3n) is 4.93. The SMILES string of the molecule is CCCOc1cc2ccccc2c(-c2c(N)ccc3ccccc23)c1C. The number of hydrogen-bond acceptors (Lipinski definition) is 2. The van der Waals surface area contributed by atoms with E-state index in [4.69, 9.17) is 10.5 Å². The molecule has 0 radical (unpaired) electrons. The summed E-state index contributed by atoms with van der Waals surface area (Å²) in [4.78, 5) is 0. The molecule has 0 saturated carbocycles. The van der Waals surface area contributed by atoms with Crippen LogP contribution in [0.4, 0.5) is 5.69 Å². The fourth-order valence-electron chi connectivity index (χ4n) is 3.68. The van der Waals surface area contributed by atoms with Crippen molar-refractivity contribution in [1.29, 1.82) is 0 Å². The van der Waals surface area contributed by atoms with Gasteiger partial charge in [-0.05, 0) is 58.1 Å². The summed E-state index contributed by atoms with van der Waals surface area (Å²) < 4.78 is 6.07. The molecule has 4 aromatic rings. The van der Waals surface area contributed by atoms with Crippen molar-refractivity contribution in [3.05, 3.63) is 72.3 Å². The van der Waals surface area contributed by atoms with E-state index < -0.39 is 0 Å². The van der Waals surface area contributed by atoms with E-state index in [0.29, 0.717) is 6.61 Å². The van der Waals surface area contributed by atoms with Crippen LogP contribution in [0.25, 0.3) is 32.7 Å². The molecular formula is C24H23NO. The van der Waals surface area contributed by atoms with Crippen LogP contribution >= 0.6 is 0 Å². The lowest BCUT2D eigenvalue weighted by molar-refractivity contribution is 0.316. The number of benzene rings is 4. The van der Waals surface area contributed by atoms with Crippen molar-refractivity contribution in [2.24, 2.45) is 0 Å². The summed E-state index contributed by atoms with van der Waals surface area (Å²) in [6.45, 7) is 4.97. The van der Waals surface area contributed by atoms with Crippen molar-refractivity contribution in [2.45, 2.75) is 20.3 Å². The number of nitrogen functional groups attached to an aromatic ring is 1. The van der Waals surface area contributed by atoms with Gasteiger partial charge in [-0.15, -0.1) is 0 Å². The minimum atomic E-state index is 0.712. The Bertz CT molecular complexity index is 1100. The van der Waals surface area contributed by atoms with Crippen LogP contribution in [0.1, 0.15) is 18.9 Å².